The quantitative estimate of drug-likeness (QED) is 0.585. The molecule has 2 heteroatoms. The monoisotopic (exact) mass is 188 g/mol. The van der Waals surface area contributed by atoms with Gasteiger partial charge in [0.25, 0.3) is 0 Å². The summed E-state index contributed by atoms with van der Waals surface area (Å²) in [5.74, 6) is -0.908. The van der Waals surface area contributed by atoms with Crippen molar-refractivity contribution in [2.45, 2.75) is 6.92 Å². The largest absolute Gasteiger partial charge is 0.478 e. The van der Waals surface area contributed by atoms with Crippen molar-refractivity contribution < 1.29 is 9.90 Å². The van der Waals surface area contributed by atoms with Gasteiger partial charge in [0.1, 0.15) is 0 Å². The van der Waals surface area contributed by atoms with Gasteiger partial charge in [0, 0.05) is 0 Å². The van der Waals surface area contributed by atoms with Crippen LogP contribution in [0, 0.1) is 0 Å². The molecule has 0 unspecified atom stereocenters. The number of benzene rings is 1. The summed E-state index contributed by atoms with van der Waals surface area (Å²) in [7, 11) is 0. The van der Waals surface area contributed by atoms with Crippen LogP contribution in [0.4, 0.5) is 0 Å². The first-order chi connectivity index (χ1) is 6.75. The molecule has 0 aromatic heterocycles. The van der Waals surface area contributed by atoms with Crippen molar-refractivity contribution in [2.75, 3.05) is 0 Å². The molecule has 0 atom stereocenters. The molecule has 0 saturated heterocycles. The summed E-state index contributed by atoms with van der Waals surface area (Å²) in [5.41, 5.74) is 1.03. The summed E-state index contributed by atoms with van der Waals surface area (Å²) < 4.78 is 0. The third-order valence-corrected chi connectivity index (χ3v) is 1.77. The van der Waals surface area contributed by atoms with Crippen LogP contribution in [0.2, 0.25) is 0 Å². The molecule has 0 saturated carbocycles. The molecule has 1 rings (SSSR count). The van der Waals surface area contributed by atoms with E-state index in [1.165, 1.54) is 0 Å². The minimum Gasteiger partial charge on any atom is -0.478 e. The van der Waals surface area contributed by atoms with Gasteiger partial charge in [-0.1, -0.05) is 42.5 Å². The molecule has 14 heavy (non-hydrogen) atoms. The summed E-state index contributed by atoms with van der Waals surface area (Å²) in [6.07, 6.45) is 5.11. The second-order valence-corrected chi connectivity index (χ2v) is 2.78. The molecule has 1 aromatic rings. The van der Waals surface area contributed by atoms with Gasteiger partial charge in [-0.05, 0) is 18.6 Å². The average Bonchev–Trinajstić information content (AvgIpc) is 2.19. The second kappa shape index (κ2) is 5.02. The Kier molecular flexibility index (Phi) is 3.68. The fourth-order valence-corrected chi connectivity index (χ4v) is 1.10. The molecule has 0 aliphatic carbocycles. The maximum absolute atomic E-state index is 10.9. The first-order valence-electron chi connectivity index (χ1n) is 4.37. The maximum atomic E-state index is 10.9. The molecule has 0 aliphatic rings. The molecule has 72 valence electrons. The standard InChI is InChI=1S/C12H12O2/c1-2-3-9-11(12(13)14)10-7-5-4-6-8-10/h2-9H,1H3,(H,13,14). The first-order valence-corrected chi connectivity index (χ1v) is 4.37. The van der Waals surface area contributed by atoms with Crippen molar-refractivity contribution in [3.05, 3.63) is 54.1 Å². The zero-order valence-corrected chi connectivity index (χ0v) is 7.97. The van der Waals surface area contributed by atoms with Gasteiger partial charge in [0.15, 0.2) is 0 Å². The van der Waals surface area contributed by atoms with Crippen LogP contribution in [0.5, 0.6) is 0 Å². The number of carboxylic acids is 1. The Hall–Kier alpha value is -1.83. The lowest BCUT2D eigenvalue weighted by atomic mass is 10.1. The van der Waals surface area contributed by atoms with Gasteiger partial charge in [-0.3, -0.25) is 0 Å². The lowest BCUT2D eigenvalue weighted by molar-refractivity contribution is -0.130. The van der Waals surface area contributed by atoms with Gasteiger partial charge in [-0.15, -0.1) is 0 Å². The SMILES string of the molecule is CC=CC=C(C(=O)O)c1ccccc1. The lowest BCUT2D eigenvalue weighted by Crippen LogP contribution is -1.98. The molecule has 1 N–H and O–H groups in total. The van der Waals surface area contributed by atoms with Crippen molar-refractivity contribution in [3.63, 3.8) is 0 Å². The van der Waals surface area contributed by atoms with E-state index in [0.29, 0.717) is 5.57 Å². The Balaban J connectivity index is 3.07. The maximum Gasteiger partial charge on any atom is 0.336 e. The minimum absolute atomic E-state index is 0.309. The van der Waals surface area contributed by atoms with E-state index in [1.807, 2.05) is 25.1 Å². The molecule has 0 spiro atoms. The highest BCUT2D eigenvalue weighted by atomic mass is 16.4. The first kappa shape index (κ1) is 10.3. The predicted molar refractivity (Wildman–Crippen MR) is 56.9 cm³/mol. The van der Waals surface area contributed by atoms with Crippen LogP contribution in [-0.2, 0) is 4.79 Å². The molecule has 0 radical (unpaired) electrons. The van der Waals surface area contributed by atoms with Gasteiger partial charge in [0.05, 0.1) is 5.57 Å². The van der Waals surface area contributed by atoms with Crippen molar-refractivity contribution in [1.29, 1.82) is 0 Å². The van der Waals surface area contributed by atoms with Gasteiger partial charge in [0.2, 0.25) is 0 Å². The van der Waals surface area contributed by atoms with Crippen LogP contribution < -0.4 is 0 Å². The number of aliphatic carboxylic acids is 1. The van der Waals surface area contributed by atoms with E-state index in [2.05, 4.69) is 0 Å². The molecule has 0 heterocycles. The van der Waals surface area contributed by atoms with Crippen molar-refractivity contribution in [1.82, 2.24) is 0 Å². The molecule has 2 nitrogen and oxygen atoms in total. The Labute approximate surface area is 83.2 Å². The normalized spacial score (nSPS) is 11.9. The highest BCUT2D eigenvalue weighted by Gasteiger charge is 2.07. The van der Waals surface area contributed by atoms with E-state index < -0.39 is 5.97 Å². The highest BCUT2D eigenvalue weighted by Crippen LogP contribution is 2.13. The van der Waals surface area contributed by atoms with E-state index in [-0.39, 0.29) is 0 Å². The van der Waals surface area contributed by atoms with E-state index >= 15 is 0 Å². The Morgan fingerprint density at radius 1 is 1.29 bits per heavy atom. The van der Waals surface area contributed by atoms with Gasteiger partial charge >= 0.3 is 5.97 Å². The molecule has 0 aliphatic heterocycles. The van der Waals surface area contributed by atoms with Gasteiger partial charge < -0.3 is 5.11 Å². The molecule has 0 bridgehead atoms. The number of carbonyl (C=O) groups is 1. The third-order valence-electron chi connectivity index (χ3n) is 1.77. The van der Waals surface area contributed by atoms with E-state index in [0.717, 1.165) is 5.56 Å². The zero-order chi connectivity index (χ0) is 10.4. The Morgan fingerprint density at radius 2 is 1.93 bits per heavy atom. The van der Waals surface area contributed by atoms with E-state index in [4.69, 9.17) is 5.11 Å². The van der Waals surface area contributed by atoms with Gasteiger partial charge in [-0.25, -0.2) is 4.79 Å². The summed E-state index contributed by atoms with van der Waals surface area (Å²) in [4.78, 5) is 10.9. The third kappa shape index (κ3) is 2.59. The minimum atomic E-state index is -0.908. The number of rotatable bonds is 3. The second-order valence-electron chi connectivity index (χ2n) is 2.78. The summed E-state index contributed by atoms with van der Waals surface area (Å²) >= 11 is 0. The van der Waals surface area contributed by atoms with Crippen molar-refractivity contribution in [3.8, 4) is 0 Å². The van der Waals surface area contributed by atoms with Crippen molar-refractivity contribution >= 4 is 11.5 Å². The molecular weight excluding hydrogens is 176 g/mol. The van der Waals surface area contributed by atoms with Crippen LogP contribution in [0.1, 0.15) is 12.5 Å². The summed E-state index contributed by atoms with van der Waals surface area (Å²) in [5, 5.41) is 8.95. The molecule has 0 fully saturated rings. The van der Waals surface area contributed by atoms with E-state index in [9.17, 15) is 4.79 Å². The number of hydrogen-bond donors (Lipinski definition) is 1. The number of allylic oxidation sites excluding steroid dienone is 3. The topological polar surface area (TPSA) is 37.3 Å². The fraction of sp³-hybridized carbons (Fsp3) is 0.0833. The Bertz CT molecular complexity index is 361. The van der Waals surface area contributed by atoms with Crippen LogP contribution >= 0.6 is 0 Å². The average molecular weight is 188 g/mol. The smallest absolute Gasteiger partial charge is 0.336 e. The summed E-state index contributed by atoms with van der Waals surface area (Å²) in [6, 6.07) is 9.06. The fourth-order valence-electron chi connectivity index (χ4n) is 1.10. The number of carboxylic acid groups (broad SMARTS) is 1. The van der Waals surface area contributed by atoms with E-state index in [1.54, 1.807) is 30.4 Å². The molecule has 1 aromatic carbocycles. The van der Waals surface area contributed by atoms with Crippen LogP contribution in [0.25, 0.3) is 5.57 Å². The summed E-state index contributed by atoms with van der Waals surface area (Å²) in [6.45, 7) is 1.85. The number of hydrogen-bond acceptors (Lipinski definition) is 1. The molecule has 0 amide bonds. The highest BCUT2D eigenvalue weighted by molar-refractivity contribution is 6.15. The zero-order valence-electron chi connectivity index (χ0n) is 7.97. The van der Waals surface area contributed by atoms with Crippen LogP contribution in [0.3, 0.4) is 0 Å². The van der Waals surface area contributed by atoms with Crippen LogP contribution in [-0.4, -0.2) is 11.1 Å². The van der Waals surface area contributed by atoms with Gasteiger partial charge in [-0.2, -0.15) is 0 Å². The van der Waals surface area contributed by atoms with Crippen molar-refractivity contribution in [2.24, 2.45) is 0 Å². The molecular formula is C12H12O2. The lowest BCUT2D eigenvalue weighted by Gasteiger charge is -2.00. The Morgan fingerprint density at radius 3 is 2.43 bits per heavy atom. The van der Waals surface area contributed by atoms with Crippen LogP contribution in [0.15, 0.2) is 48.6 Å². The predicted octanol–water partition coefficient (Wildman–Crippen LogP) is 2.73.